The summed E-state index contributed by atoms with van der Waals surface area (Å²) >= 11 is 3.29. The van der Waals surface area contributed by atoms with E-state index in [-0.39, 0.29) is 11.9 Å². The molecule has 0 aliphatic heterocycles. The Hall–Kier alpha value is -1.13. The van der Waals surface area contributed by atoms with Gasteiger partial charge < -0.3 is 10.2 Å². The van der Waals surface area contributed by atoms with Crippen LogP contribution in [-0.4, -0.2) is 0 Å². The second-order valence-corrected chi connectivity index (χ2v) is 4.31. The van der Waals surface area contributed by atoms with E-state index in [0.29, 0.717) is 11.1 Å². The molecule has 0 saturated carbocycles. The maximum Gasteiger partial charge on any atom is 0.173 e. The lowest BCUT2D eigenvalue weighted by Crippen LogP contribution is -2.12. The third-order valence-corrected chi connectivity index (χ3v) is 3.06. The minimum Gasteiger partial charge on any atom is -0.457 e. The number of furan rings is 1. The normalized spacial score (nSPS) is 12.7. The average Bonchev–Trinajstić information content (AvgIpc) is 2.68. The van der Waals surface area contributed by atoms with E-state index in [1.54, 1.807) is 18.4 Å². The van der Waals surface area contributed by atoms with Gasteiger partial charge in [-0.2, -0.15) is 0 Å². The van der Waals surface area contributed by atoms with Gasteiger partial charge in [0.25, 0.3) is 0 Å². The lowest BCUT2D eigenvalue weighted by Gasteiger charge is -2.10. The van der Waals surface area contributed by atoms with Gasteiger partial charge in [-0.25, -0.2) is 4.39 Å². The van der Waals surface area contributed by atoms with E-state index in [0.717, 1.165) is 11.1 Å². The summed E-state index contributed by atoms with van der Waals surface area (Å²) < 4.78 is 18.5. The van der Waals surface area contributed by atoms with E-state index in [1.807, 2.05) is 6.07 Å². The Morgan fingerprint density at radius 1 is 1.25 bits per heavy atom. The summed E-state index contributed by atoms with van der Waals surface area (Å²) in [5, 5.41) is 0. The lowest BCUT2D eigenvalue weighted by molar-refractivity contribution is 0.531. The van der Waals surface area contributed by atoms with Crippen molar-refractivity contribution in [3.05, 3.63) is 58.2 Å². The molecule has 0 saturated heterocycles. The van der Waals surface area contributed by atoms with Gasteiger partial charge in [-0.3, -0.25) is 0 Å². The fourth-order valence-corrected chi connectivity index (χ4v) is 2.09. The van der Waals surface area contributed by atoms with Crippen LogP contribution in [0.2, 0.25) is 0 Å². The van der Waals surface area contributed by atoms with Gasteiger partial charge in [0.15, 0.2) is 4.67 Å². The van der Waals surface area contributed by atoms with Crippen molar-refractivity contribution < 1.29 is 8.81 Å². The van der Waals surface area contributed by atoms with E-state index < -0.39 is 0 Å². The van der Waals surface area contributed by atoms with Crippen molar-refractivity contribution in [1.29, 1.82) is 0 Å². The van der Waals surface area contributed by atoms with Crippen molar-refractivity contribution in [3.8, 4) is 0 Å². The summed E-state index contributed by atoms with van der Waals surface area (Å²) in [7, 11) is 0. The van der Waals surface area contributed by atoms with Crippen LogP contribution >= 0.6 is 15.9 Å². The molecule has 0 spiro atoms. The molecule has 0 fully saturated rings. The van der Waals surface area contributed by atoms with Gasteiger partial charge >= 0.3 is 0 Å². The summed E-state index contributed by atoms with van der Waals surface area (Å²) in [5.74, 6) is -0.234. The van der Waals surface area contributed by atoms with E-state index in [1.165, 1.54) is 12.1 Å². The molecule has 2 aromatic rings. The molecule has 1 unspecified atom stereocenters. The van der Waals surface area contributed by atoms with Gasteiger partial charge in [-0.1, -0.05) is 12.1 Å². The largest absolute Gasteiger partial charge is 0.457 e. The Bertz CT molecular complexity index is 466. The van der Waals surface area contributed by atoms with Gasteiger partial charge in [-0.15, -0.1) is 0 Å². The Kier molecular flexibility index (Phi) is 3.41. The molecule has 1 aromatic heterocycles. The summed E-state index contributed by atoms with van der Waals surface area (Å²) in [4.78, 5) is 0. The molecule has 0 bridgehead atoms. The minimum atomic E-state index is -0.234. The van der Waals surface area contributed by atoms with Gasteiger partial charge in [0.1, 0.15) is 5.82 Å². The molecule has 0 aliphatic rings. The molecule has 16 heavy (non-hydrogen) atoms. The highest BCUT2D eigenvalue weighted by molar-refractivity contribution is 9.10. The summed E-state index contributed by atoms with van der Waals surface area (Å²) in [5.41, 5.74) is 7.95. The number of benzene rings is 1. The lowest BCUT2D eigenvalue weighted by atomic mass is 10.0. The summed E-state index contributed by atoms with van der Waals surface area (Å²) in [6.45, 7) is 0. The van der Waals surface area contributed by atoms with Crippen LogP contribution in [0.15, 0.2) is 45.7 Å². The van der Waals surface area contributed by atoms with Crippen molar-refractivity contribution in [1.82, 2.24) is 0 Å². The first-order valence-corrected chi connectivity index (χ1v) is 5.69. The van der Waals surface area contributed by atoms with E-state index in [2.05, 4.69) is 15.9 Å². The third-order valence-electron chi connectivity index (χ3n) is 2.41. The van der Waals surface area contributed by atoms with Crippen LogP contribution in [0, 0.1) is 5.82 Å². The molecule has 2 nitrogen and oxygen atoms in total. The standard InChI is InChI=1S/C12H11BrFNO/c13-12-10(5-6-16-12)11(15)7-8-1-3-9(14)4-2-8/h1-6,11H,7,15H2. The summed E-state index contributed by atoms with van der Waals surface area (Å²) in [6.07, 6.45) is 2.24. The molecule has 1 atom stereocenters. The topological polar surface area (TPSA) is 39.2 Å². The van der Waals surface area contributed by atoms with E-state index >= 15 is 0 Å². The fourth-order valence-electron chi connectivity index (χ4n) is 1.55. The van der Waals surface area contributed by atoms with Crippen LogP contribution in [0.4, 0.5) is 4.39 Å². The zero-order valence-electron chi connectivity index (χ0n) is 8.49. The molecular formula is C12H11BrFNO. The first-order valence-electron chi connectivity index (χ1n) is 4.89. The quantitative estimate of drug-likeness (QED) is 0.938. The highest BCUT2D eigenvalue weighted by Crippen LogP contribution is 2.25. The maximum absolute atomic E-state index is 12.7. The van der Waals surface area contributed by atoms with Crippen LogP contribution in [0.3, 0.4) is 0 Å². The van der Waals surface area contributed by atoms with E-state index in [4.69, 9.17) is 10.2 Å². The van der Waals surface area contributed by atoms with Crippen molar-refractivity contribution in [2.24, 2.45) is 5.73 Å². The molecule has 0 amide bonds. The molecule has 0 aliphatic carbocycles. The van der Waals surface area contributed by atoms with Gasteiger partial charge in [0.05, 0.1) is 6.26 Å². The van der Waals surface area contributed by atoms with Crippen molar-refractivity contribution >= 4 is 15.9 Å². The predicted octanol–water partition coefficient (Wildman–Crippen LogP) is 3.42. The number of rotatable bonds is 3. The highest BCUT2D eigenvalue weighted by Gasteiger charge is 2.12. The number of hydrogen-bond acceptors (Lipinski definition) is 2. The van der Waals surface area contributed by atoms with Gasteiger partial charge in [-0.05, 0) is 46.1 Å². The summed E-state index contributed by atoms with van der Waals surface area (Å²) in [6, 6.07) is 8.03. The molecule has 2 rings (SSSR count). The number of halogens is 2. The van der Waals surface area contributed by atoms with Crippen molar-refractivity contribution in [2.45, 2.75) is 12.5 Å². The molecule has 84 valence electrons. The Labute approximate surface area is 101 Å². The van der Waals surface area contributed by atoms with Crippen molar-refractivity contribution in [2.75, 3.05) is 0 Å². The zero-order chi connectivity index (χ0) is 11.5. The van der Waals surface area contributed by atoms with Gasteiger partial charge in [0.2, 0.25) is 0 Å². The SMILES string of the molecule is NC(Cc1ccc(F)cc1)c1ccoc1Br. The molecule has 4 heteroatoms. The van der Waals surface area contributed by atoms with Crippen LogP contribution < -0.4 is 5.73 Å². The first kappa shape index (κ1) is 11.4. The van der Waals surface area contributed by atoms with Crippen LogP contribution in [-0.2, 0) is 6.42 Å². The van der Waals surface area contributed by atoms with Crippen LogP contribution in [0.5, 0.6) is 0 Å². The molecule has 1 aromatic carbocycles. The monoisotopic (exact) mass is 283 g/mol. The van der Waals surface area contributed by atoms with Crippen LogP contribution in [0.25, 0.3) is 0 Å². The Balaban J connectivity index is 2.10. The second-order valence-electron chi connectivity index (χ2n) is 3.59. The third kappa shape index (κ3) is 2.51. The second kappa shape index (κ2) is 4.80. The number of nitrogens with two attached hydrogens (primary N) is 1. The predicted molar refractivity (Wildman–Crippen MR) is 63.4 cm³/mol. The first-order chi connectivity index (χ1) is 7.66. The maximum atomic E-state index is 12.7. The Morgan fingerprint density at radius 3 is 2.50 bits per heavy atom. The molecule has 1 heterocycles. The molecule has 0 radical (unpaired) electrons. The van der Waals surface area contributed by atoms with Crippen molar-refractivity contribution in [3.63, 3.8) is 0 Å². The zero-order valence-corrected chi connectivity index (χ0v) is 10.1. The number of hydrogen-bond donors (Lipinski definition) is 1. The highest BCUT2D eigenvalue weighted by atomic mass is 79.9. The average molecular weight is 284 g/mol. The van der Waals surface area contributed by atoms with E-state index in [9.17, 15) is 4.39 Å². The minimum absolute atomic E-state index is 0.154. The van der Waals surface area contributed by atoms with Crippen LogP contribution in [0.1, 0.15) is 17.2 Å². The molecule has 2 N–H and O–H groups in total. The smallest absolute Gasteiger partial charge is 0.173 e. The fraction of sp³-hybridized carbons (Fsp3) is 0.167. The Morgan fingerprint density at radius 2 is 1.94 bits per heavy atom. The van der Waals surface area contributed by atoms with Gasteiger partial charge in [0, 0.05) is 11.6 Å². The molecular weight excluding hydrogens is 273 g/mol.